The fourth-order valence-corrected chi connectivity index (χ4v) is 5.13. The van der Waals surface area contributed by atoms with Gasteiger partial charge in [-0.3, -0.25) is 4.79 Å². The maximum Gasteiger partial charge on any atom is 0.320 e. The number of thioether (sulfide) groups is 1. The molecule has 0 saturated heterocycles. The first-order valence-corrected chi connectivity index (χ1v) is 13.1. The van der Waals surface area contributed by atoms with Crippen LogP contribution in [0.1, 0.15) is 46.0 Å². The van der Waals surface area contributed by atoms with Crippen LogP contribution in [0.25, 0.3) is 10.8 Å². The number of halogens is 1. The van der Waals surface area contributed by atoms with Gasteiger partial charge < -0.3 is 14.5 Å². The van der Waals surface area contributed by atoms with Crippen molar-refractivity contribution >= 4 is 52.4 Å². The summed E-state index contributed by atoms with van der Waals surface area (Å²) in [6.45, 7) is 4.85. The van der Waals surface area contributed by atoms with Gasteiger partial charge in [0, 0.05) is 21.4 Å². The maximum atomic E-state index is 12.1. The molecule has 3 rings (SSSR count). The molecular weight excluding hydrogens is 466 g/mol. The number of nitrogens with zero attached hydrogens (tertiary/aromatic N) is 2. The van der Waals surface area contributed by atoms with Gasteiger partial charge in [0.15, 0.2) is 0 Å². The van der Waals surface area contributed by atoms with Crippen LogP contribution in [0.15, 0.2) is 45.0 Å². The van der Waals surface area contributed by atoms with Gasteiger partial charge in [0.25, 0.3) is 5.89 Å². The summed E-state index contributed by atoms with van der Waals surface area (Å²) < 4.78 is 11.3. The molecule has 0 aliphatic rings. The maximum absolute atomic E-state index is 12.1. The van der Waals surface area contributed by atoms with Crippen LogP contribution in [0.2, 0.25) is 5.02 Å². The zero-order valence-electron chi connectivity index (χ0n) is 18.3. The molecule has 0 aliphatic carbocycles. The van der Waals surface area contributed by atoms with Gasteiger partial charge in [-0.25, -0.2) is 0 Å². The van der Waals surface area contributed by atoms with Gasteiger partial charge in [-0.15, -0.1) is 28.2 Å². The lowest BCUT2D eigenvalue weighted by atomic mass is 10.0. The van der Waals surface area contributed by atoms with Crippen LogP contribution in [-0.4, -0.2) is 28.5 Å². The third-order valence-electron chi connectivity index (χ3n) is 4.93. The molecule has 1 unspecified atom stereocenters. The zero-order valence-corrected chi connectivity index (χ0v) is 20.7. The van der Waals surface area contributed by atoms with Gasteiger partial charge in [0.2, 0.25) is 0 Å². The molecule has 2 aromatic heterocycles. The molecule has 0 amide bonds. The number of esters is 1. The van der Waals surface area contributed by atoms with Crippen molar-refractivity contribution < 1.29 is 13.9 Å². The van der Waals surface area contributed by atoms with Crippen molar-refractivity contribution in [1.29, 1.82) is 0 Å². The van der Waals surface area contributed by atoms with Crippen molar-refractivity contribution in [2.45, 2.75) is 50.8 Å². The van der Waals surface area contributed by atoms with E-state index < -0.39 is 0 Å². The molecule has 9 heteroatoms. The Morgan fingerprint density at radius 3 is 2.81 bits per heavy atom. The van der Waals surface area contributed by atoms with E-state index in [9.17, 15) is 4.79 Å². The van der Waals surface area contributed by atoms with E-state index in [1.54, 1.807) is 23.9 Å². The van der Waals surface area contributed by atoms with Crippen molar-refractivity contribution in [2.75, 3.05) is 17.7 Å². The number of benzene rings is 1. The molecule has 2 heterocycles. The predicted octanol–water partition coefficient (Wildman–Crippen LogP) is 7.44. The van der Waals surface area contributed by atoms with Crippen molar-refractivity contribution in [2.24, 2.45) is 5.92 Å². The second-order valence-electron chi connectivity index (χ2n) is 7.36. The number of ether oxygens (including phenoxy) is 1. The highest BCUT2D eigenvalue weighted by Gasteiger charge is 2.16. The molecule has 0 saturated carbocycles. The number of aromatic nitrogens is 2. The first kappa shape index (κ1) is 24.6. The van der Waals surface area contributed by atoms with Crippen molar-refractivity contribution in [3.05, 3.63) is 40.7 Å². The van der Waals surface area contributed by atoms with Crippen molar-refractivity contribution in [3.63, 3.8) is 0 Å². The Bertz CT molecular complexity index is 975. The number of anilines is 2. The van der Waals surface area contributed by atoms with Crippen LogP contribution >= 0.6 is 34.7 Å². The monoisotopic (exact) mass is 493 g/mol. The molecule has 0 bridgehead atoms. The number of unbranched alkanes of at least 4 members (excludes halogenated alkanes) is 1. The third-order valence-corrected chi connectivity index (χ3v) is 7.27. The van der Waals surface area contributed by atoms with Gasteiger partial charge >= 0.3 is 12.0 Å². The lowest BCUT2D eigenvalue weighted by molar-refractivity contribution is -0.144. The van der Waals surface area contributed by atoms with Crippen LogP contribution in [0.4, 0.5) is 11.7 Å². The van der Waals surface area contributed by atoms with Crippen molar-refractivity contribution in [1.82, 2.24) is 10.2 Å². The molecule has 1 N–H and O–H groups in total. The molecule has 32 heavy (non-hydrogen) atoms. The van der Waals surface area contributed by atoms with Crippen LogP contribution < -0.4 is 5.32 Å². The molecule has 1 aromatic carbocycles. The second kappa shape index (κ2) is 12.9. The molecule has 3 aromatic rings. The molecule has 0 aliphatic heterocycles. The number of hydrogen-bond donors (Lipinski definition) is 1. The Hall–Kier alpha value is -2.03. The molecular formula is C23H28ClN3O3S2. The van der Waals surface area contributed by atoms with E-state index in [0.29, 0.717) is 41.6 Å². The van der Waals surface area contributed by atoms with E-state index in [4.69, 9.17) is 20.8 Å². The van der Waals surface area contributed by atoms with E-state index in [1.807, 2.05) is 23.6 Å². The lowest BCUT2D eigenvalue weighted by Crippen LogP contribution is -2.14. The van der Waals surface area contributed by atoms with Gasteiger partial charge in [0.1, 0.15) is 4.88 Å². The van der Waals surface area contributed by atoms with Crippen LogP contribution in [0.5, 0.6) is 0 Å². The van der Waals surface area contributed by atoms with E-state index >= 15 is 0 Å². The Morgan fingerprint density at radius 1 is 1.25 bits per heavy atom. The van der Waals surface area contributed by atoms with E-state index in [-0.39, 0.29) is 5.97 Å². The van der Waals surface area contributed by atoms with Crippen LogP contribution in [0, 0.1) is 5.92 Å². The Morgan fingerprint density at radius 2 is 2.06 bits per heavy atom. The summed E-state index contributed by atoms with van der Waals surface area (Å²) in [5.41, 5.74) is 0.809. The highest BCUT2D eigenvalue weighted by atomic mass is 35.5. The highest BCUT2D eigenvalue weighted by molar-refractivity contribution is 7.99. The van der Waals surface area contributed by atoms with E-state index in [2.05, 4.69) is 29.4 Å². The summed E-state index contributed by atoms with van der Waals surface area (Å²) in [4.78, 5) is 14.0. The smallest absolute Gasteiger partial charge is 0.320 e. The van der Waals surface area contributed by atoms with Gasteiger partial charge in [-0.1, -0.05) is 49.8 Å². The quantitative estimate of drug-likeness (QED) is 0.196. The summed E-state index contributed by atoms with van der Waals surface area (Å²) in [5, 5.41) is 13.9. The number of carbonyl (C=O) groups excluding carboxylic acids is 1. The summed E-state index contributed by atoms with van der Waals surface area (Å²) in [6, 6.07) is 9.56. The molecule has 6 nitrogen and oxygen atoms in total. The second-order valence-corrected chi connectivity index (χ2v) is 9.85. The van der Waals surface area contributed by atoms with Crippen molar-refractivity contribution in [3.8, 4) is 10.8 Å². The Kier molecular flexibility index (Phi) is 9.89. The zero-order chi connectivity index (χ0) is 22.8. The van der Waals surface area contributed by atoms with E-state index in [0.717, 1.165) is 28.3 Å². The van der Waals surface area contributed by atoms with Gasteiger partial charge in [0.05, 0.1) is 13.0 Å². The Balaban J connectivity index is 1.48. The SMILES string of the molecule is CCCCC(CC)COC(=O)CCSc1ccsc1-c1nnc(Nc2ccc(Cl)cc2)o1. The summed E-state index contributed by atoms with van der Waals surface area (Å²) in [5.74, 6) is 1.40. The number of rotatable bonds is 13. The number of hydrogen-bond acceptors (Lipinski definition) is 8. The van der Waals surface area contributed by atoms with E-state index in [1.165, 1.54) is 24.2 Å². The largest absolute Gasteiger partial charge is 0.465 e. The number of nitrogens with one attached hydrogen (secondary N) is 1. The fraction of sp³-hybridized carbons (Fsp3) is 0.435. The number of thiophene rings is 1. The topological polar surface area (TPSA) is 77.2 Å². The first-order valence-electron chi connectivity index (χ1n) is 10.8. The molecule has 0 fully saturated rings. The molecule has 1 atom stereocenters. The highest BCUT2D eigenvalue weighted by Crippen LogP contribution is 2.36. The summed E-state index contributed by atoms with van der Waals surface area (Å²) >= 11 is 9.03. The lowest BCUT2D eigenvalue weighted by Gasteiger charge is -2.14. The average molecular weight is 494 g/mol. The summed E-state index contributed by atoms with van der Waals surface area (Å²) in [7, 11) is 0. The first-order chi connectivity index (χ1) is 15.6. The van der Waals surface area contributed by atoms with Gasteiger partial charge in [-0.05, 0) is 48.1 Å². The minimum atomic E-state index is -0.142. The average Bonchev–Trinajstić information content (AvgIpc) is 3.45. The summed E-state index contributed by atoms with van der Waals surface area (Å²) in [6.07, 6.45) is 4.88. The molecule has 0 radical (unpaired) electrons. The minimum absolute atomic E-state index is 0.142. The molecule has 172 valence electrons. The van der Waals surface area contributed by atoms with Crippen LogP contribution in [0.3, 0.4) is 0 Å². The Labute approximate surface area is 202 Å². The van der Waals surface area contributed by atoms with Gasteiger partial charge in [-0.2, -0.15) is 0 Å². The number of carbonyl (C=O) groups is 1. The third kappa shape index (κ3) is 7.53. The normalized spacial score (nSPS) is 12.0. The van der Waals surface area contributed by atoms with Crippen LogP contribution in [-0.2, 0) is 9.53 Å². The molecule has 0 spiro atoms. The standard InChI is InChI=1S/C23H28ClN3O3S2/c1-3-5-6-16(4-2)15-29-20(28)12-14-31-19-11-13-32-21(19)22-26-27-23(30-22)25-18-9-7-17(24)8-10-18/h7-11,13,16H,3-6,12,14-15H2,1-2H3,(H,25,27). The fourth-order valence-electron chi connectivity index (χ4n) is 3.01. The minimum Gasteiger partial charge on any atom is -0.465 e. The predicted molar refractivity (Wildman–Crippen MR) is 132 cm³/mol.